The third-order valence-corrected chi connectivity index (χ3v) is 7.42. The van der Waals surface area contributed by atoms with Crippen LogP contribution in [-0.2, 0) is 30.7 Å². The van der Waals surface area contributed by atoms with E-state index in [1.165, 1.54) is 27.8 Å². The third-order valence-electron chi connectivity index (χ3n) is 7.42. The van der Waals surface area contributed by atoms with E-state index in [2.05, 4.69) is 76.8 Å². The van der Waals surface area contributed by atoms with E-state index in [0.29, 0.717) is 12.6 Å². The second-order valence-corrected chi connectivity index (χ2v) is 9.87. The quantitative estimate of drug-likeness (QED) is 0.571. The van der Waals surface area contributed by atoms with E-state index in [-0.39, 0.29) is 18.0 Å². The van der Waals surface area contributed by atoms with Crippen LogP contribution in [0, 0.1) is 13.8 Å². The molecule has 1 saturated heterocycles. The van der Waals surface area contributed by atoms with Gasteiger partial charge in [0.15, 0.2) is 0 Å². The van der Waals surface area contributed by atoms with Crippen molar-refractivity contribution < 1.29 is 4.79 Å². The molecule has 1 aliphatic carbocycles. The van der Waals surface area contributed by atoms with Gasteiger partial charge in [0.05, 0.1) is 6.04 Å². The predicted octanol–water partition coefficient (Wildman–Crippen LogP) is 3.71. The topological polar surface area (TPSA) is 57.3 Å². The number of aromatic nitrogens is 1. The second-order valence-electron chi connectivity index (χ2n) is 9.87. The van der Waals surface area contributed by atoms with E-state index in [4.69, 9.17) is 0 Å². The van der Waals surface area contributed by atoms with E-state index in [1.807, 2.05) is 18.3 Å². The maximum atomic E-state index is 13.4. The summed E-state index contributed by atoms with van der Waals surface area (Å²) in [5, 5.41) is 6.95. The van der Waals surface area contributed by atoms with E-state index < -0.39 is 0 Å². The second kappa shape index (κ2) is 10.1. The molecule has 1 amide bonds. The maximum Gasteiger partial charge on any atom is 0.237 e. The van der Waals surface area contributed by atoms with Gasteiger partial charge >= 0.3 is 0 Å². The van der Waals surface area contributed by atoms with Crippen LogP contribution in [-0.4, -0.2) is 40.5 Å². The maximum absolute atomic E-state index is 13.4. The number of nitrogens with zero attached hydrogens (tertiary/aromatic N) is 2. The fourth-order valence-electron chi connectivity index (χ4n) is 5.50. The first-order valence-electron chi connectivity index (χ1n) is 12.4. The molecule has 2 heterocycles. The molecule has 2 aromatic carbocycles. The predicted molar refractivity (Wildman–Crippen MR) is 135 cm³/mol. The van der Waals surface area contributed by atoms with Crippen LogP contribution in [0.3, 0.4) is 0 Å². The van der Waals surface area contributed by atoms with E-state index in [0.717, 1.165) is 37.9 Å². The van der Waals surface area contributed by atoms with Crippen molar-refractivity contribution in [3.05, 3.63) is 100 Å². The zero-order chi connectivity index (χ0) is 23.5. The lowest BCUT2D eigenvalue weighted by Crippen LogP contribution is -2.48. The first-order chi connectivity index (χ1) is 16.6. The summed E-state index contributed by atoms with van der Waals surface area (Å²) in [7, 11) is 0. The van der Waals surface area contributed by atoms with Gasteiger partial charge in [-0.05, 0) is 67.0 Å². The van der Waals surface area contributed by atoms with Crippen LogP contribution in [0.25, 0.3) is 0 Å². The average molecular weight is 455 g/mol. The minimum atomic E-state index is -0.118. The Morgan fingerprint density at radius 2 is 1.82 bits per heavy atom. The number of hydrogen-bond acceptors (Lipinski definition) is 4. The molecule has 0 radical (unpaired) electrons. The van der Waals surface area contributed by atoms with Crippen LogP contribution in [0.1, 0.15) is 39.8 Å². The van der Waals surface area contributed by atoms with Crippen LogP contribution in [0.15, 0.2) is 67.0 Å². The first kappa shape index (κ1) is 22.8. The number of likely N-dealkylation sites (tertiary alicyclic amines) is 1. The average Bonchev–Trinajstić information content (AvgIpc) is 3.48. The summed E-state index contributed by atoms with van der Waals surface area (Å²) >= 11 is 0. The van der Waals surface area contributed by atoms with Gasteiger partial charge in [-0.3, -0.25) is 14.7 Å². The van der Waals surface area contributed by atoms with Crippen molar-refractivity contribution in [1.29, 1.82) is 0 Å². The first-order valence-corrected chi connectivity index (χ1v) is 12.4. The minimum Gasteiger partial charge on any atom is -0.351 e. The smallest absolute Gasteiger partial charge is 0.237 e. The monoisotopic (exact) mass is 454 g/mol. The van der Waals surface area contributed by atoms with Crippen molar-refractivity contribution in [2.75, 3.05) is 6.54 Å². The van der Waals surface area contributed by atoms with Crippen molar-refractivity contribution >= 4 is 5.91 Å². The Kier molecular flexibility index (Phi) is 6.75. The highest BCUT2D eigenvalue weighted by molar-refractivity contribution is 5.82. The Morgan fingerprint density at radius 3 is 2.56 bits per heavy atom. The van der Waals surface area contributed by atoms with Gasteiger partial charge in [-0.1, -0.05) is 54.1 Å². The fourth-order valence-corrected chi connectivity index (χ4v) is 5.50. The molecule has 5 rings (SSSR count). The summed E-state index contributed by atoms with van der Waals surface area (Å²) < 4.78 is 0. The lowest BCUT2D eigenvalue weighted by molar-refractivity contribution is -0.126. The van der Waals surface area contributed by atoms with Crippen LogP contribution in [0.2, 0.25) is 0 Å². The van der Waals surface area contributed by atoms with Crippen LogP contribution in [0.5, 0.6) is 0 Å². The molecule has 1 fully saturated rings. The summed E-state index contributed by atoms with van der Waals surface area (Å²) in [5.74, 6) is 0.121. The van der Waals surface area contributed by atoms with Gasteiger partial charge in [0.25, 0.3) is 0 Å². The van der Waals surface area contributed by atoms with Gasteiger partial charge in [-0.15, -0.1) is 0 Å². The molecule has 5 nitrogen and oxygen atoms in total. The minimum absolute atomic E-state index is 0.118. The molecule has 0 unspecified atom stereocenters. The van der Waals surface area contributed by atoms with E-state index in [1.54, 1.807) is 6.20 Å². The van der Waals surface area contributed by atoms with Crippen molar-refractivity contribution in [2.45, 2.75) is 64.3 Å². The third kappa shape index (κ3) is 5.06. The largest absolute Gasteiger partial charge is 0.351 e. The molecular weight excluding hydrogens is 420 g/mol. The van der Waals surface area contributed by atoms with Crippen LogP contribution >= 0.6 is 0 Å². The lowest BCUT2D eigenvalue weighted by Gasteiger charge is -2.29. The number of carbonyl (C=O) groups is 1. The standard InChI is InChI=1S/C29H34N4O/c1-20-9-10-21(2)25(12-20)18-31-26-15-28(29(34)32-17-22-6-5-11-30-16-22)33(19-26)27-13-23-7-3-4-8-24(23)14-27/h3-12,16,26-28,31H,13-15,17-19H2,1-2H3,(H,32,34)/t26-,28-/m0/s1. The Morgan fingerprint density at radius 1 is 1.03 bits per heavy atom. The Hall–Kier alpha value is -3.02. The molecule has 2 N–H and O–H groups in total. The van der Waals surface area contributed by atoms with Gasteiger partial charge in [0, 0.05) is 44.1 Å². The lowest BCUT2D eigenvalue weighted by atomic mass is 10.0. The van der Waals surface area contributed by atoms with Gasteiger partial charge in [0.1, 0.15) is 0 Å². The summed E-state index contributed by atoms with van der Waals surface area (Å²) in [6.07, 6.45) is 6.44. The molecule has 34 heavy (non-hydrogen) atoms. The highest BCUT2D eigenvalue weighted by atomic mass is 16.2. The summed E-state index contributed by atoms with van der Waals surface area (Å²) in [6, 6.07) is 19.8. The van der Waals surface area contributed by atoms with Crippen molar-refractivity contribution in [3.8, 4) is 0 Å². The molecule has 0 spiro atoms. The number of rotatable bonds is 7. The van der Waals surface area contributed by atoms with Crippen molar-refractivity contribution in [2.24, 2.45) is 0 Å². The van der Waals surface area contributed by atoms with Crippen molar-refractivity contribution in [3.63, 3.8) is 0 Å². The molecule has 1 aromatic heterocycles. The molecule has 176 valence electrons. The molecule has 1 aliphatic heterocycles. The number of aryl methyl sites for hydroxylation is 2. The molecule has 0 saturated carbocycles. The van der Waals surface area contributed by atoms with Crippen LogP contribution in [0.4, 0.5) is 0 Å². The zero-order valence-corrected chi connectivity index (χ0v) is 20.1. The SMILES string of the molecule is Cc1ccc(C)c(CN[C@H]2C[C@@H](C(=O)NCc3cccnc3)N(C3Cc4ccccc4C3)C2)c1. The number of benzene rings is 2. The fraction of sp³-hybridized carbons (Fsp3) is 0.379. The number of carbonyl (C=O) groups excluding carboxylic acids is 1. The normalized spacial score (nSPS) is 20.4. The van der Waals surface area contributed by atoms with Gasteiger partial charge in [-0.2, -0.15) is 0 Å². The molecule has 5 heteroatoms. The molecule has 3 aromatic rings. The van der Waals surface area contributed by atoms with E-state index in [9.17, 15) is 4.79 Å². The molecule has 2 atom stereocenters. The van der Waals surface area contributed by atoms with E-state index >= 15 is 0 Å². The number of fused-ring (bicyclic) bond motifs is 1. The van der Waals surface area contributed by atoms with Crippen LogP contribution < -0.4 is 10.6 Å². The number of nitrogens with one attached hydrogen (secondary N) is 2. The Bertz CT molecular complexity index is 1120. The molecular formula is C29H34N4O. The Labute approximate surface area is 202 Å². The molecule has 2 aliphatic rings. The highest BCUT2D eigenvalue weighted by Crippen LogP contribution is 2.31. The summed E-state index contributed by atoms with van der Waals surface area (Å²) in [6.45, 7) is 6.56. The van der Waals surface area contributed by atoms with Gasteiger partial charge < -0.3 is 10.6 Å². The van der Waals surface area contributed by atoms with Crippen molar-refractivity contribution in [1.82, 2.24) is 20.5 Å². The summed E-state index contributed by atoms with van der Waals surface area (Å²) in [5.41, 5.74) is 7.81. The summed E-state index contributed by atoms with van der Waals surface area (Å²) in [4.78, 5) is 20.0. The molecule has 0 bridgehead atoms. The Balaban J connectivity index is 1.28. The van der Waals surface area contributed by atoms with Gasteiger partial charge in [-0.25, -0.2) is 0 Å². The number of amides is 1. The number of hydrogen-bond donors (Lipinski definition) is 2. The zero-order valence-electron chi connectivity index (χ0n) is 20.1. The number of pyridine rings is 1. The van der Waals surface area contributed by atoms with Gasteiger partial charge in [0.2, 0.25) is 5.91 Å². The highest BCUT2D eigenvalue weighted by Gasteiger charge is 2.41.